The molecule has 0 bridgehead atoms. The van der Waals surface area contributed by atoms with E-state index in [0.717, 1.165) is 11.8 Å². The molecule has 0 radical (unpaired) electrons. The highest BCUT2D eigenvalue weighted by Gasteiger charge is 2.19. The molecule has 0 aliphatic carbocycles. The summed E-state index contributed by atoms with van der Waals surface area (Å²) in [6.45, 7) is 3.68. The van der Waals surface area contributed by atoms with Crippen LogP contribution in [0.3, 0.4) is 0 Å². The lowest BCUT2D eigenvalue weighted by molar-refractivity contribution is -0.142. The second-order valence-electron chi connectivity index (χ2n) is 5.15. The number of nitrogens with one attached hydrogen (secondary N) is 1. The van der Waals surface area contributed by atoms with Gasteiger partial charge in [-0.15, -0.1) is 0 Å². The number of thioether (sulfide) groups is 1. The van der Waals surface area contributed by atoms with E-state index in [0.29, 0.717) is 16.7 Å². The van der Waals surface area contributed by atoms with E-state index >= 15 is 0 Å². The van der Waals surface area contributed by atoms with E-state index in [2.05, 4.69) is 15.1 Å². The van der Waals surface area contributed by atoms with E-state index < -0.39 is 5.25 Å². The van der Waals surface area contributed by atoms with Crippen LogP contribution in [0, 0.1) is 5.82 Å². The van der Waals surface area contributed by atoms with Crippen molar-refractivity contribution in [3.63, 3.8) is 0 Å². The van der Waals surface area contributed by atoms with Gasteiger partial charge in [-0.25, -0.2) is 14.1 Å². The molecular weight excluding hydrogens is 347 g/mol. The Morgan fingerprint density at radius 2 is 2.12 bits per heavy atom. The van der Waals surface area contributed by atoms with Crippen LogP contribution in [0.4, 0.5) is 4.39 Å². The van der Waals surface area contributed by atoms with Gasteiger partial charge >= 0.3 is 5.97 Å². The first-order chi connectivity index (χ1) is 12.0. The molecule has 0 amide bonds. The van der Waals surface area contributed by atoms with Crippen LogP contribution >= 0.6 is 11.8 Å². The number of aromatic amines is 1. The Hall–Kier alpha value is -2.68. The summed E-state index contributed by atoms with van der Waals surface area (Å²) < 4.78 is 19.5. The van der Waals surface area contributed by atoms with Gasteiger partial charge < -0.3 is 9.72 Å². The highest BCUT2D eigenvalue weighted by Crippen LogP contribution is 2.22. The molecule has 130 valence electrons. The lowest BCUT2D eigenvalue weighted by Gasteiger charge is -2.09. The Bertz CT molecular complexity index is 968. The fraction of sp³-hybridized carbons (Fsp3) is 0.250. The van der Waals surface area contributed by atoms with Gasteiger partial charge in [-0.2, -0.15) is 5.10 Å². The maximum absolute atomic E-state index is 13.1. The summed E-state index contributed by atoms with van der Waals surface area (Å²) in [5.41, 5.74) is 0.537. The van der Waals surface area contributed by atoms with Crippen LogP contribution in [0.5, 0.6) is 0 Å². The fourth-order valence-electron chi connectivity index (χ4n) is 2.20. The molecule has 2 aromatic heterocycles. The van der Waals surface area contributed by atoms with Crippen LogP contribution < -0.4 is 5.56 Å². The molecule has 9 heteroatoms. The van der Waals surface area contributed by atoms with Gasteiger partial charge in [-0.05, 0) is 38.1 Å². The number of esters is 1. The van der Waals surface area contributed by atoms with E-state index in [9.17, 15) is 14.0 Å². The number of ether oxygens (including phenoxy) is 1. The van der Waals surface area contributed by atoms with Crippen LogP contribution in [0.15, 0.2) is 40.4 Å². The lowest BCUT2D eigenvalue weighted by Crippen LogP contribution is -2.18. The maximum atomic E-state index is 13.1. The number of hydrogen-bond acceptors (Lipinski definition) is 6. The minimum absolute atomic E-state index is 0.280. The number of H-pyrrole nitrogens is 1. The van der Waals surface area contributed by atoms with Crippen LogP contribution in [-0.2, 0) is 9.53 Å². The second-order valence-corrected chi connectivity index (χ2v) is 6.48. The summed E-state index contributed by atoms with van der Waals surface area (Å²) in [7, 11) is 0. The maximum Gasteiger partial charge on any atom is 0.319 e. The van der Waals surface area contributed by atoms with E-state index in [1.807, 2.05) is 0 Å². The van der Waals surface area contributed by atoms with Crippen molar-refractivity contribution in [2.24, 2.45) is 0 Å². The first-order valence-electron chi connectivity index (χ1n) is 7.57. The van der Waals surface area contributed by atoms with Gasteiger partial charge in [0.15, 0.2) is 10.8 Å². The summed E-state index contributed by atoms with van der Waals surface area (Å²) in [6.07, 6.45) is 1.40. The number of carbonyl (C=O) groups excluding carboxylic acids is 1. The first-order valence-corrected chi connectivity index (χ1v) is 8.45. The molecule has 0 saturated carbocycles. The molecule has 25 heavy (non-hydrogen) atoms. The van der Waals surface area contributed by atoms with Gasteiger partial charge in [0.2, 0.25) is 0 Å². The van der Waals surface area contributed by atoms with Crippen molar-refractivity contribution in [1.82, 2.24) is 19.7 Å². The normalized spacial score (nSPS) is 12.3. The van der Waals surface area contributed by atoms with Gasteiger partial charge in [-0.1, -0.05) is 11.8 Å². The fourth-order valence-corrected chi connectivity index (χ4v) is 2.99. The topological polar surface area (TPSA) is 89.9 Å². The highest BCUT2D eigenvalue weighted by atomic mass is 32.2. The molecule has 0 unspecified atom stereocenters. The molecule has 1 atom stereocenters. The predicted octanol–water partition coefficient (Wildman–Crippen LogP) is 2.29. The summed E-state index contributed by atoms with van der Waals surface area (Å²) >= 11 is 1.09. The van der Waals surface area contributed by atoms with Crippen molar-refractivity contribution in [3.05, 3.63) is 46.6 Å². The quantitative estimate of drug-likeness (QED) is 0.425. The third-order valence-electron chi connectivity index (χ3n) is 3.39. The average molecular weight is 362 g/mol. The molecule has 1 aromatic carbocycles. The van der Waals surface area contributed by atoms with Crippen LogP contribution in [0.25, 0.3) is 16.7 Å². The number of rotatable bonds is 5. The van der Waals surface area contributed by atoms with Crippen molar-refractivity contribution in [2.45, 2.75) is 24.3 Å². The molecule has 3 aromatic rings. The SMILES string of the molecule is CCOC(=O)[C@@H](C)Sc1nc2c(cnn2-c2ccc(F)cc2)c(=O)[nH]1. The van der Waals surface area contributed by atoms with Crippen LogP contribution in [0.1, 0.15) is 13.8 Å². The van der Waals surface area contributed by atoms with Gasteiger partial charge in [0.25, 0.3) is 5.56 Å². The average Bonchev–Trinajstić information content (AvgIpc) is 3.00. The molecular formula is C16H15FN4O3S. The molecule has 1 N–H and O–H groups in total. The summed E-state index contributed by atoms with van der Waals surface area (Å²) in [5, 5.41) is 4.21. The molecule has 7 nitrogen and oxygen atoms in total. The zero-order valence-corrected chi connectivity index (χ0v) is 14.3. The monoisotopic (exact) mass is 362 g/mol. The molecule has 2 heterocycles. The summed E-state index contributed by atoms with van der Waals surface area (Å²) in [6, 6.07) is 5.68. The second kappa shape index (κ2) is 7.06. The Balaban J connectivity index is 2.00. The summed E-state index contributed by atoms with van der Waals surface area (Å²) in [5.74, 6) is -0.757. The van der Waals surface area contributed by atoms with E-state index in [4.69, 9.17) is 4.74 Å². The highest BCUT2D eigenvalue weighted by molar-refractivity contribution is 8.00. The molecule has 3 rings (SSSR count). The number of halogens is 1. The number of fused-ring (bicyclic) bond motifs is 1. The van der Waals surface area contributed by atoms with Crippen molar-refractivity contribution in [3.8, 4) is 5.69 Å². The van der Waals surface area contributed by atoms with E-state index in [1.54, 1.807) is 26.0 Å². The Kier molecular flexibility index (Phi) is 4.84. The molecule has 0 fully saturated rings. The number of carbonyl (C=O) groups is 1. The van der Waals surface area contributed by atoms with Gasteiger partial charge in [0.1, 0.15) is 16.5 Å². The standard InChI is InChI=1S/C16H15FN4O3S/c1-3-24-15(23)9(2)25-16-19-13-12(14(22)20-16)8-18-21(13)11-6-4-10(17)5-7-11/h4-9H,3H2,1-2H3,(H,19,20,22)/t9-/m1/s1. The van der Waals surface area contributed by atoms with Crippen molar-refractivity contribution >= 4 is 28.8 Å². The smallest absolute Gasteiger partial charge is 0.319 e. The molecule has 0 aliphatic heterocycles. The van der Waals surface area contributed by atoms with E-state index in [-0.39, 0.29) is 29.1 Å². The Morgan fingerprint density at radius 3 is 2.80 bits per heavy atom. The number of hydrogen-bond donors (Lipinski definition) is 1. The third kappa shape index (κ3) is 3.55. The number of benzene rings is 1. The van der Waals surface area contributed by atoms with Crippen molar-refractivity contribution in [2.75, 3.05) is 6.61 Å². The predicted molar refractivity (Wildman–Crippen MR) is 91.4 cm³/mol. The zero-order chi connectivity index (χ0) is 18.0. The van der Waals surface area contributed by atoms with Gasteiger partial charge in [-0.3, -0.25) is 9.59 Å². The summed E-state index contributed by atoms with van der Waals surface area (Å²) in [4.78, 5) is 31.0. The minimum atomic E-state index is -0.525. The van der Waals surface area contributed by atoms with Crippen LogP contribution in [-0.4, -0.2) is 37.6 Å². The van der Waals surface area contributed by atoms with Crippen LogP contribution in [0.2, 0.25) is 0 Å². The Morgan fingerprint density at radius 1 is 1.40 bits per heavy atom. The first kappa shape index (κ1) is 17.2. The van der Waals surface area contributed by atoms with E-state index in [1.165, 1.54) is 23.0 Å². The minimum Gasteiger partial charge on any atom is -0.465 e. The molecule has 0 aliphatic rings. The lowest BCUT2D eigenvalue weighted by atomic mass is 10.3. The zero-order valence-electron chi connectivity index (χ0n) is 13.5. The Labute approximate surface area is 146 Å². The van der Waals surface area contributed by atoms with Gasteiger partial charge in [0.05, 0.1) is 18.5 Å². The van der Waals surface area contributed by atoms with Crippen molar-refractivity contribution < 1.29 is 13.9 Å². The third-order valence-corrected chi connectivity index (χ3v) is 4.36. The largest absolute Gasteiger partial charge is 0.465 e. The molecule has 0 spiro atoms. The van der Waals surface area contributed by atoms with Crippen molar-refractivity contribution in [1.29, 1.82) is 0 Å². The van der Waals surface area contributed by atoms with Gasteiger partial charge in [0, 0.05) is 0 Å². The number of aromatic nitrogens is 4. The number of nitrogens with zero attached hydrogens (tertiary/aromatic N) is 3. The molecule has 0 saturated heterocycles.